The molecule has 2 aliphatic rings. The molecule has 0 atom stereocenters. The summed E-state index contributed by atoms with van der Waals surface area (Å²) in [6.07, 6.45) is 2.61. The van der Waals surface area contributed by atoms with Crippen molar-refractivity contribution in [3.63, 3.8) is 0 Å². The molecule has 0 amide bonds. The number of hydrogen-bond acceptors (Lipinski definition) is 3. The van der Waals surface area contributed by atoms with Crippen molar-refractivity contribution in [2.75, 3.05) is 7.11 Å². The molecule has 0 radical (unpaired) electrons. The molecule has 3 aromatic rings. The van der Waals surface area contributed by atoms with Gasteiger partial charge in [0.25, 0.3) is 5.56 Å². The second kappa shape index (κ2) is 8.74. The number of rotatable bonds is 6. The number of fused-ring (bicyclic) bond motifs is 1. The fourth-order valence-electron chi connectivity index (χ4n) is 3.99. The van der Waals surface area contributed by atoms with Crippen molar-refractivity contribution in [3.05, 3.63) is 124 Å². The highest BCUT2D eigenvalue weighted by Crippen LogP contribution is 2.24. The van der Waals surface area contributed by atoms with E-state index in [-0.39, 0.29) is 17.7 Å². The lowest BCUT2D eigenvalue weighted by atomic mass is 10.1. The standard InChI is InChI=1S/C27H22FN3O2/c1-33-25-13-12-19(14-21(25)28)16-23-27(32)31-17-24(20-10-6-3-7-11-20)29-22(26(31)30-23)15-18-8-4-2-5-9-18/h2-14,17,29H,15-16H2,1H3. The SMILES string of the molecule is COc1ccc(Cc2nc3c(Cc4ccccc4)[nH]c(-c4ccccc4)cn-3c2=O)cc1F. The Kier molecular flexibility index (Phi) is 5.48. The van der Waals surface area contributed by atoms with Gasteiger partial charge in [0, 0.05) is 19.0 Å². The lowest BCUT2D eigenvalue weighted by molar-refractivity contribution is 0.386. The summed E-state index contributed by atoms with van der Waals surface area (Å²) in [5.74, 6) is 0.284. The van der Waals surface area contributed by atoms with E-state index in [2.05, 4.69) is 9.97 Å². The Hall–Kier alpha value is -4.19. The number of benzene rings is 3. The van der Waals surface area contributed by atoms with Crippen LogP contribution in [-0.2, 0) is 12.8 Å². The van der Waals surface area contributed by atoms with Gasteiger partial charge < -0.3 is 9.72 Å². The zero-order valence-electron chi connectivity index (χ0n) is 18.1. The maximum atomic E-state index is 14.2. The van der Waals surface area contributed by atoms with Crippen molar-refractivity contribution in [2.45, 2.75) is 12.8 Å². The normalized spacial score (nSPS) is 11.1. The largest absolute Gasteiger partial charge is 0.494 e. The van der Waals surface area contributed by atoms with Gasteiger partial charge in [0.15, 0.2) is 17.4 Å². The Bertz CT molecular complexity index is 1430. The lowest BCUT2D eigenvalue weighted by Crippen LogP contribution is -2.17. The highest BCUT2D eigenvalue weighted by molar-refractivity contribution is 5.60. The van der Waals surface area contributed by atoms with E-state index >= 15 is 0 Å². The number of nitrogens with zero attached hydrogens (tertiary/aromatic N) is 2. The predicted octanol–water partition coefficient (Wildman–Crippen LogP) is 4.99. The van der Waals surface area contributed by atoms with Crippen LogP contribution >= 0.6 is 0 Å². The molecule has 0 bridgehead atoms. The van der Waals surface area contributed by atoms with Gasteiger partial charge in [-0.05, 0) is 28.8 Å². The average Bonchev–Trinajstić information content (AvgIpc) is 3.16. The molecule has 2 aliphatic heterocycles. The molecule has 0 fully saturated rings. The Balaban J connectivity index is 1.61. The molecule has 5 rings (SSSR count). The highest BCUT2D eigenvalue weighted by atomic mass is 19.1. The summed E-state index contributed by atoms with van der Waals surface area (Å²) in [6, 6.07) is 24.6. The van der Waals surface area contributed by atoms with E-state index in [1.165, 1.54) is 13.2 Å². The number of halogens is 1. The first-order valence-corrected chi connectivity index (χ1v) is 10.7. The molecule has 33 heavy (non-hydrogen) atoms. The minimum absolute atomic E-state index is 0.170. The molecule has 0 saturated heterocycles. The van der Waals surface area contributed by atoms with Crippen molar-refractivity contribution in [1.29, 1.82) is 0 Å². The van der Waals surface area contributed by atoms with E-state index in [1.54, 1.807) is 22.9 Å². The summed E-state index contributed by atoms with van der Waals surface area (Å²) in [6.45, 7) is 0. The van der Waals surface area contributed by atoms with Crippen LogP contribution in [0.15, 0.2) is 89.9 Å². The van der Waals surface area contributed by atoms with Gasteiger partial charge in [-0.1, -0.05) is 66.7 Å². The smallest absolute Gasteiger partial charge is 0.278 e. The number of methoxy groups -OCH3 is 1. The van der Waals surface area contributed by atoms with E-state index in [9.17, 15) is 9.18 Å². The molecule has 0 aliphatic carbocycles. The molecule has 164 valence electrons. The Morgan fingerprint density at radius 2 is 1.67 bits per heavy atom. The van der Waals surface area contributed by atoms with Crippen LogP contribution in [0.3, 0.4) is 0 Å². The number of aromatic amines is 1. The maximum absolute atomic E-state index is 14.2. The summed E-state index contributed by atoms with van der Waals surface area (Å²) >= 11 is 0. The molecule has 5 nitrogen and oxygen atoms in total. The van der Waals surface area contributed by atoms with Crippen molar-refractivity contribution in [3.8, 4) is 22.8 Å². The number of imidazole rings is 1. The summed E-state index contributed by atoms with van der Waals surface area (Å²) in [5, 5.41) is 0. The summed E-state index contributed by atoms with van der Waals surface area (Å²) < 4.78 is 20.7. The first-order chi connectivity index (χ1) is 16.1. The summed E-state index contributed by atoms with van der Waals surface area (Å²) in [7, 11) is 1.42. The van der Waals surface area contributed by atoms with E-state index < -0.39 is 5.82 Å². The average molecular weight is 439 g/mol. The molecular formula is C27H22FN3O2. The third-order valence-electron chi connectivity index (χ3n) is 5.64. The van der Waals surface area contributed by atoms with Crippen molar-refractivity contribution < 1.29 is 9.13 Å². The fourth-order valence-corrected chi connectivity index (χ4v) is 3.99. The quantitative estimate of drug-likeness (QED) is 0.405. The zero-order chi connectivity index (χ0) is 22.8. The highest BCUT2D eigenvalue weighted by Gasteiger charge is 2.20. The molecule has 2 heterocycles. The van der Waals surface area contributed by atoms with Crippen LogP contribution in [0.1, 0.15) is 22.5 Å². The molecule has 1 N–H and O–H groups in total. The topological polar surface area (TPSA) is 59.9 Å². The number of aromatic nitrogens is 3. The van der Waals surface area contributed by atoms with Gasteiger partial charge in [0.1, 0.15) is 5.69 Å². The Morgan fingerprint density at radius 3 is 2.36 bits per heavy atom. The second-order valence-corrected chi connectivity index (χ2v) is 7.88. The summed E-state index contributed by atoms with van der Waals surface area (Å²) in [4.78, 5) is 21.5. The Morgan fingerprint density at radius 1 is 0.939 bits per heavy atom. The minimum Gasteiger partial charge on any atom is -0.494 e. The first kappa shape index (κ1) is 20.7. The predicted molar refractivity (Wildman–Crippen MR) is 126 cm³/mol. The molecular weight excluding hydrogens is 417 g/mol. The van der Waals surface area contributed by atoms with Gasteiger partial charge >= 0.3 is 0 Å². The van der Waals surface area contributed by atoms with Crippen LogP contribution < -0.4 is 10.3 Å². The Labute approximate surface area is 190 Å². The van der Waals surface area contributed by atoms with Crippen LogP contribution in [0, 0.1) is 5.82 Å². The van der Waals surface area contributed by atoms with Gasteiger partial charge in [0.05, 0.1) is 18.5 Å². The molecule has 0 saturated carbocycles. The van der Waals surface area contributed by atoms with E-state index in [0.29, 0.717) is 23.5 Å². The van der Waals surface area contributed by atoms with E-state index in [0.717, 1.165) is 22.5 Å². The first-order valence-electron chi connectivity index (χ1n) is 10.7. The van der Waals surface area contributed by atoms with E-state index in [1.807, 2.05) is 60.7 Å². The maximum Gasteiger partial charge on any atom is 0.278 e. The molecule has 0 aromatic heterocycles. The van der Waals surface area contributed by atoms with Gasteiger partial charge in [-0.25, -0.2) is 9.37 Å². The monoisotopic (exact) mass is 439 g/mol. The molecule has 3 aromatic carbocycles. The molecule has 0 spiro atoms. The van der Waals surface area contributed by atoms with Crippen LogP contribution in [0.2, 0.25) is 0 Å². The van der Waals surface area contributed by atoms with Gasteiger partial charge in [-0.15, -0.1) is 0 Å². The van der Waals surface area contributed by atoms with Crippen molar-refractivity contribution in [1.82, 2.24) is 14.5 Å². The molecule has 6 heteroatoms. The number of ether oxygens (including phenoxy) is 1. The lowest BCUT2D eigenvalue weighted by Gasteiger charge is -2.13. The van der Waals surface area contributed by atoms with Gasteiger partial charge in [-0.2, -0.15) is 0 Å². The van der Waals surface area contributed by atoms with E-state index in [4.69, 9.17) is 4.74 Å². The third-order valence-corrected chi connectivity index (χ3v) is 5.64. The van der Waals surface area contributed by atoms with Crippen LogP contribution in [0.5, 0.6) is 5.75 Å². The third kappa shape index (κ3) is 4.15. The van der Waals surface area contributed by atoms with Gasteiger partial charge in [-0.3, -0.25) is 9.36 Å². The summed E-state index contributed by atoms with van der Waals surface area (Å²) in [5.41, 5.74) is 4.56. The van der Waals surface area contributed by atoms with Crippen LogP contribution in [-0.4, -0.2) is 21.6 Å². The van der Waals surface area contributed by atoms with Gasteiger partial charge in [0.2, 0.25) is 0 Å². The van der Waals surface area contributed by atoms with Crippen molar-refractivity contribution >= 4 is 0 Å². The van der Waals surface area contributed by atoms with Crippen LogP contribution in [0.4, 0.5) is 4.39 Å². The van der Waals surface area contributed by atoms with Crippen LogP contribution in [0.25, 0.3) is 17.1 Å². The zero-order valence-corrected chi connectivity index (χ0v) is 18.1. The van der Waals surface area contributed by atoms with Crippen molar-refractivity contribution in [2.24, 2.45) is 0 Å². The number of hydrogen-bond donors (Lipinski definition) is 1. The fraction of sp³-hybridized carbons (Fsp3) is 0.111. The minimum atomic E-state index is -0.462. The molecule has 0 unspecified atom stereocenters. The number of H-pyrrole nitrogens is 1. The second-order valence-electron chi connectivity index (χ2n) is 7.88. The number of nitrogens with one attached hydrogen (secondary N) is 1.